The van der Waals surface area contributed by atoms with Gasteiger partial charge in [-0.05, 0) is 63.6 Å². The first kappa shape index (κ1) is 19.9. The minimum Gasteiger partial charge on any atom is -0.359 e. The standard InChI is InChI=1S/C22H25N5O4S/c1-13-9-15(31-24-13)12-26-20(28)17-10-16(32(29,30)25-22(2)7-8-22)5-6-18(17)27-19(14-3-4-14)11-23-21(26)27/h5-6,9-10,14,19,25H,3-4,7-8,11-12H2,1-2H3/t19-/m0/s1. The van der Waals surface area contributed by atoms with E-state index in [2.05, 4.69) is 14.8 Å². The smallest absolute Gasteiger partial charge is 0.263 e. The molecule has 0 radical (unpaired) electrons. The molecule has 1 aromatic carbocycles. The first-order valence-corrected chi connectivity index (χ1v) is 12.5. The Bertz CT molecular complexity index is 1260. The predicted molar refractivity (Wildman–Crippen MR) is 117 cm³/mol. The molecule has 6 rings (SSSR count). The summed E-state index contributed by atoms with van der Waals surface area (Å²) in [6, 6.07) is 6.83. The summed E-state index contributed by atoms with van der Waals surface area (Å²) >= 11 is 0. The van der Waals surface area contributed by atoms with Gasteiger partial charge in [-0.25, -0.2) is 13.1 Å². The normalized spacial score (nSPS) is 23.8. The Morgan fingerprint density at radius 1 is 1.25 bits per heavy atom. The van der Waals surface area contributed by atoms with Crippen LogP contribution in [0.3, 0.4) is 0 Å². The molecular formula is C22H25N5O4S. The summed E-state index contributed by atoms with van der Waals surface area (Å²) in [4.78, 5) is 22.1. The Labute approximate surface area is 186 Å². The van der Waals surface area contributed by atoms with Crippen molar-refractivity contribution in [3.63, 3.8) is 0 Å². The van der Waals surface area contributed by atoms with E-state index in [1.54, 1.807) is 23.1 Å². The van der Waals surface area contributed by atoms with Crippen LogP contribution in [-0.2, 0) is 16.6 Å². The number of nitrogens with zero attached hydrogens (tertiary/aromatic N) is 4. The molecule has 2 aromatic rings. The molecule has 2 saturated carbocycles. The van der Waals surface area contributed by atoms with Gasteiger partial charge in [-0.15, -0.1) is 0 Å². The molecule has 168 valence electrons. The molecule has 32 heavy (non-hydrogen) atoms. The number of guanidine groups is 1. The summed E-state index contributed by atoms with van der Waals surface area (Å²) in [5.74, 6) is 1.42. The summed E-state index contributed by atoms with van der Waals surface area (Å²) < 4.78 is 34.1. The zero-order chi connectivity index (χ0) is 22.3. The van der Waals surface area contributed by atoms with E-state index in [0.29, 0.717) is 29.7 Å². The average Bonchev–Trinajstić information content (AvgIpc) is 3.63. The monoisotopic (exact) mass is 455 g/mol. The summed E-state index contributed by atoms with van der Waals surface area (Å²) in [5, 5.41) is 3.92. The van der Waals surface area contributed by atoms with Crippen molar-refractivity contribution in [2.75, 3.05) is 11.4 Å². The van der Waals surface area contributed by atoms with Gasteiger partial charge >= 0.3 is 0 Å². The predicted octanol–water partition coefficient (Wildman–Crippen LogP) is 2.42. The Hall–Kier alpha value is -2.72. The molecular weight excluding hydrogens is 430 g/mol. The van der Waals surface area contributed by atoms with Gasteiger partial charge in [0.25, 0.3) is 5.91 Å². The number of carbonyl (C=O) groups is 1. The number of anilines is 1. The molecule has 1 amide bonds. The van der Waals surface area contributed by atoms with Crippen molar-refractivity contribution in [2.24, 2.45) is 10.9 Å². The second kappa shape index (κ2) is 6.64. The second-order valence-corrected chi connectivity index (χ2v) is 11.3. The van der Waals surface area contributed by atoms with E-state index in [4.69, 9.17) is 9.52 Å². The molecule has 0 saturated heterocycles. The number of aliphatic imine (C=N–C) groups is 1. The van der Waals surface area contributed by atoms with Gasteiger partial charge in [-0.3, -0.25) is 14.7 Å². The third kappa shape index (κ3) is 3.24. The number of hydrogen-bond donors (Lipinski definition) is 1. The van der Waals surface area contributed by atoms with Gasteiger partial charge in [-0.1, -0.05) is 5.16 Å². The number of amides is 1. The number of carbonyl (C=O) groups excluding carboxylic acids is 1. The third-order valence-corrected chi connectivity index (χ3v) is 8.40. The first-order valence-electron chi connectivity index (χ1n) is 11.0. The van der Waals surface area contributed by atoms with Crippen LogP contribution in [-0.4, -0.2) is 48.5 Å². The topological polar surface area (TPSA) is 108 Å². The van der Waals surface area contributed by atoms with Crippen LogP contribution in [0.5, 0.6) is 0 Å². The molecule has 0 unspecified atom stereocenters. The molecule has 0 spiro atoms. The lowest BCUT2D eigenvalue weighted by molar-refractivity contribution is 0.0822. The van der Waals surface area contributed by atoms with Gasteiger partial charge in [0.15, 0.2) is 5.76 Å². The first-order chi connectivity index (χ1) is 15.2. The van der Waals surface area contributed by atoms with Crippen molar-refractivity contribution >= 4 is 27.6 Å². The van der Waals surface area contributed by atoms with Crippen LogP contribution in [0.2, 0.25) is 0 Å². The SMILES string of the molecule is Cc1cc(CN2C(=O)c3cc(S(=O)(=O)NC4(C)CC4)ccc3N3C2=NC[C@H]3C2CC2)on1. The molecule has 4 aliphatic rings. The van der Waals surface area contributed by atoms with E-state index in [1.807, 2.05) is 13.8 Å². The van der Waals surface area contributed by atoms with Gasteiger partial charge in [0.2, 0.25) is 16.0 Å². The fourth-order valence-electron chi connectivity index (χ4n) is 4.59. The molecule has 3 heterocycles. The lowest BCUT2D eigenvalue weighted by Crippen LogP contribution is -2.53. The third-order valence-electron chi connectivity index (χ3n) is 6.76. The van der Waals surface area contributed by atoms with Crippen LogP contribution in [0.1, 0.15) is 54.4 Å². The summed E-state index contributed by atoms with van der Waals surface area (Å²) in [6.07, 6.45) is 3.92. The lowest BCUT2D eigenvalue weighted by Gasteiger charge is -2.38. The largest absolute Gasteiger partial charge is 0.359 e. The number of aryl methyl sites for hydroxylation is 1. The van der Waals surface area contributed by atoms with Gasteiger partial charge in [-0.2, -0.15) is 0 Å². The highest BCUT2D eigenvalue weighted by atomic mass is 32.2. The number of rotatable bonds is 6. The minimum atomic E-state index is -3.72. The zero-order valence-electron chi connectivity index (χ0n) is 18.0. The molecule has 9 nitrogen and oxygen atoms in total. The zero-order valence-corrected chi connectivity index (χ0v) is 18.9. The van der Waals surface area contributed by atoms with E-state index in [1.165, 1.54) is 6.07 Å². The second-order valence-electron chi connectivity index (χ2n) is 9.59. The van der Waals surface area contributed by atoms with Gasteiger partial charge < -0.3 is 9.42 Å². The van der Waals surface area contributed by atoms with E-state index in [9.17, 15) is 13.2 Å². The minimum absolute atomic E-state index is 0.107. The molecule has 1 atom stereocenters. The number of nitrogens with one attached hydrogen (secondary N) is 1. The van der Waals surface area contributed by atoms with Crippen LogP contribution >= 0.6 is 0 Å². The highest BCUT2D eigenvalue weighted by Crippen LogP contribution is 2.43. The summed E-state index contributed by atoms with van der Waals surface area (Å²) in [7, 11) is -3.72. The quantitative estimate of drug-likeness (QED) is 0.717. The van der Waals surface area contributed by atoms with Crippen LogP contribution in [0.15, 0.2) is 38.7 Å². The fraction of sp³-hybridized carbons (Fsp3) is 0.500. The lowest BCUT2D eigenvalue weighted by atomic mass is 10.0. The molecule has 0 bridgehead atoms. The highest BCUT2D eigenvalue weighted by Gasteiger charge is 2.48. The maximum Gasteiger partial charge on any atom is 0.263 e. The van der Waals surface area contributed by atoms with E-state index in [-0.39, 0.29) is 28.9 Å². The summed E-state index contributed by atoms with van der Waals surface area (Å²) in [5.41, 5.74) is 1.45. The Morgan fingerprint density at radius 2 is 2.03 bits per heavy atom. The Kier molecular flexibility index (Phi) is 4.14. The maximum absolute atomic E-state index is 13.6. The Balaban J connectivity index is 1.41. The number of sulfonamides is 1. The van der Waals surface area contributed by atoms with Crippen molar-refractivity contribution in [3.05, 3.63) is 41.3 Å². The van der Waals surface area contributed by atoms with Crippen LogP contribution in [0.25, 0.3) is 0 Å². The van der Waals surface area contributed by atoms with E-state index in [0.717, 1.165) is 37.1 Å². The molecule has 1 aromatic heterocycles. The van der Waals surface area contributed by atoms with Gasteiger partial charge in [0, 0.05) is 11.6 Å². The van der Waals surface area contributed by atoms with Gasteiger partial charge in [0.1, 0.15) is 0 Å². The van der Waals surface area contributed by atoms with Crippen molar-refractivity contribution in [2.45, 2.75) is 62.6 Å². The molecule has 2 aliphatic carbocycles. The highest BCUT2D eigenvalue weighted by molar-refractivity contribution is 7.89. The summed E-state index contributed by atoms with van der Waals surface area (Å²) in [6.45, 7) is 4.54. The number of hydrogen-bond acceptors (Lipinski definition) is 7. The number of fused-ring (bicyclic) bond motifs is 3. The average molecular weight is 456 g/mol. The number of benzene rings is 1. The molecule has 2 aliphatic heterocycles. The van der Waals surface area contributed by atoms with Crippen LogP contribution < -0.4 is 9.62 Å². The fourth-order valence-corrected chi connectivity index (χ4v) is 6.08. The maximum atomic E-state index is 13.6. The Morgan fingerprint density at radius 3 is 2.69 bits per heavy atom. The van der Waals surface area contributed by atoms with Crippen molar-refractivity contribution < 1.29 is 17.7 Å². The van der Waals surface area contributed by atoms with E-state index < -0.39 is 10.0 Å². The van der Waals surface area contributed by atoms with Crippen molar-refractivity contribution in [1.29, 1.82) is 0 Å². The molecule has 10 heteroatoms. The number of aromatic nitrogens is 1. The van der Waals surface area contributed by atoms with Gasteiger partial charge in [0.05, 0.1) is 41.0 Å². The van der Waals surface area contributed by atoms with Crippen molar-refractivity contribution in [1.82, 2.24) is 14.8 Å². The van der Waals surface area contributed by atoms with Crippen molar-refractivity contribution in [3.8, 4) is 0 Å². The molecule has 2 fully saturated rings. The van der Waals surface area contributed by atoms with Crippen LogP contribution in [0.4, 0.5) is 5.69 Å². The molecule has 1 N–H and O–H groups in total. The van der Waals surface area contributed by atoms with E-state index >= 15 is 0 Å². The van der Waals surface area contributed by atoms with Crippen LogP contribution in [0, 0.1) is 12.8 Å².